The van der Waals surface area contributed by atoms with Crippen LogP contribution in [0.4, 0.5) is 0 Å². The average molecular weight is 361 g/mol. The molecule has 0 spiro atoms. The molecule has 0 bridgehead atoms. The average Bonchev–Trinajstić information content (AvgIpc) is 3.09. The summed E-state index contributed by atoms with van der Waals surface area (Å²) < 4.78 is 0. The van der Waals surface area contributed by atoms with Crippen LogP contribution in [0.5, 0.6) is 0 Å². The van der Waals surface area contributed by atoms with Crippen LogP contribution >= 0.6 is 23.1 Å². The largest absolute Gasteiger partial charge is 0.353 e. The molecule has 0 saturated carbocycles. The zero-order chi connectivity index (χ0) is 16.9. The summed E-state index contributed by atoms with van der Waals surface area (Å²) in [7, 11) is 0. The topological polar surface area (TPSA) is 32.3 Å². The summed E-state index contributed by atoms with van der Waals surface area (Å²) in [5, 5.41) is 5.33. The van der Waals surface area contributed by atoms with Crippen molar-refractivity contribution in [1.29, 1.82) is 0 Å². The molecule has 0 radical (unpaired) electrons. The molecule has 1 aliphatic heterocycles. The van der Waals surface area contributed by atoms with E-state index in [1.807, 2.05) is 30.6 Å². The van der Waals surface area contributed by atoms with Gasteiger partial charge < -0.3 is 5.32 Å². The van der Waals surface area contributed by atoms with Crippen molar-refractivity contribution in [2.45, 2.75) is 31.2 Å². The number of thiophene rings is 1. The third kappa shape index (κ3) is 4.02. The van der Waals surface area contributed by atoms with Gasteiger partial charge in [-0.2, -0.15) is 11.8 Å². The van der Waals surface area contributed by atoms with Gasteiger partial charge in [-0.25, -0.2) is 0 Å². The van der Waals surface area contributed by atoms with Crippen LogP contribution in [0.15, 0.2) is 41.8 Å². The van der Waals surface area contributed by atoms with Crippen LogP contribution in [-0.2, 0) is 17.8 Å². The van der Waals surface area contributed by atoms with Crippen molar-refractivity contribution in [1.82, 2.24) is 10.2 Å². The first-order valence-corrected chi connectivity index (χ1v) is 10.5. The molecule has 24 heavy (non-hydrogen) atoms. The van der Waals surface area contributed by atoms with Gasteiger partial charge in [0, 0.05) is 24.5 Å². The number of hydrogen-bond acceptors (Lipinski definition) is 4. The van der Waals surface area contributed by atoms with Crippen LogP contribution in [-0.4, -0.2) is 35.4 Å². The predicted octanol–water partition coefficient (Wildman–Crippen LogP) is 3.72. The lowest BCUT2D eigenvalue weighted by Crippen LogP contribution is -2.42. The minimum Gasteiger partial charge on any atom is -0.353 e. The highest BCUT2D eigenvalue weighted by Gasteiger charge is 2.26. The number of nitrogens with zero attached hydrogens (tertiary/aromatic N) is 1. The fraction of sp³-hybridized carbons (Fsp3) is 0.421. The molecule has 2 atom stereocenters. The Morgan fingerprint density at radius 1 is 1.33 bits per heavy atom. The number of nitrogens with one attached hydrogen (secondary N) is 1. The van der Waals surface area contributed by atoms with Crippen LogP contribution in [0.2, 0.25) is 0 Å². The Bertz CT molecular complexity index is 671. The van der Waals surface area contributed by atoms with Crippen molar-refractivity contribution in [2.24, 2.45) is 0 Å². The second-order valence-electron chi connectivity index (χ2n) is 6.14. The van der Waals surface area contributed by atoms with Gasteiger partial charge in [0.25, 0.3) is 0 Å². The number of hydrogen-bond donors (Lipinski definition) is 1. The first-order chi connectivity index (χ1) is 11.7. The van der Waals surface area contributed by atoms with Crippen LogP contribution in [0.3, 0.4) is 0 Å². The Morgan fingerprint density at radius 2 is 2.12 bits per heavy atom. The van der Waals surface area contributed by atoms with Crippen LogP contribution in [0.1, 0.15) is 29.0 Å². The molecular formula is C19H24N2OS2. The van der Waals surface area contributed by atoms with E-state index in [0.29, 0.717) is 6.54 Å². The minimum atomic E-state index is -0.00810. The Labute approximate surface area is 152 Å². The molecule has 1 amide bonds. The molecule has 1 aromatic heterocycles. The standard InChI is InChI=1S/C19H24N2OS2/c1-14(23-2)19(22)20-12-17(15-6-4-3-5-7-15)21-10-8-18-16(13-21)9-11-24-18/h3-7,9,11,14,17H,8,10,12-13H2,1-2H3,(H,20,22)/t14-,17-/m0/s1. The van der Waals surface area contributed by atoms with Gasteiger partial charge in [-0.15, -0.1) is 11.3 Å². The van der Waals surface area contributed by atoms with Gasteiger partial charge in [-0.3, -0.25) is 9.69 Å². The molecule has 1 N–H and O–H groups in total. The van der Waals surface area contributed by atoms with Gasteiger partial charge in [0.05, 0.1) is 11.3 Å². The van der Waals surface area contributed by atoms with E-state index < -0.39 is 0 Å². The minimum absolute atomic E-state index is 0.00810. The van der Waals surface area contributed by atoms with Crippen molar-refractivity contribution in [3.05, 3.63) is 57.8 Å². The Hall–Kier alpha value is -1.30. The first-order valence-electron chi connectivity index (χ1n) is 8.33. The molecule has 3 nitrogen and oxygen atoms in total. The predicted molar refractivity (Wildman–Crippen MR) is 104 cm³/mol. The number of amides is 1. The molecule has 3 rings (SSSR count). The van der Waals surface area contributed by atoms with Crippen molar-refractivity contribution in [2.75, 3.05) is 19.3 Å². The van der Waals surface area contributed by atoms with Crippen molar-refractivity contribution in [3.8, 4) is 0 Å². The highest BCUT2D eigenvalue weighted by Crippen LogP contribution is 2.30. The molecule has 128 valence electrons. The fourth-order valence-corrected chi connectivity index (χ4v) is 4.30. The first kappa shape index (κ1) is 17.5. The smallest absolute Gasteiger partial charge is 0.232 e. The van der Waals surface area contributed by atoms with Crippen molar-refractivity contribution >= 4 is 29.0 Å². The number of rotatable bonds is 6. The van der Waals surface area contributed by atoms with Gasteiger partial charge in [0.2, 0.25) is 5.91 Å². The van der Waals surface area contributed by atoms with Crippen molar-refractivity contribution < 1.29 is 4.79 Å². The third-order valence-corrected chi connectivity index (χ3v) is 6.60. The number of thioether (sulfide) groups is 1. The maximum Gasteiger partial charge on any atom is 0.232 e. The van der Waals surface area contributed by atoms with Crippen molar-refractivity contribution in [3.63, 3.8) is 0 Å². The molecule has 2 heterocycles. The lowest BCUT2D eigenvalue weighted by Gasteiger charge is -2.35. The van der Waals surface area contributed by atoms with Gasteiger partial charge in [0.1, 0.15) is 0 Å². The molecular weight excluding hydrogens is 336 g/mol. The monoisotopic (exact) mass is 360 g/mol. The number of carbonyl (C=O) groups excluding carboxylic acids is 1. The van der Waals surface area contributed by atoms with Gasteiger partial charge in [-0.1, -0.05) is 30.3 Å². The SMILES string of the molecule is CS[C@@H](C)C(=O)NC[C@@H](c1ccccc1)N1CCc2sccc2C1. The Balaban J connectivity index is 1.75. The summed E-state index contributed by atoms with van der Waals surface area (Å²) in [5.74, 6) is 0.122. The van der Waals surface area contributed by atoms with Gasteiger partial charge >= 0.3 is 0 Å². The molecule has 0 fully saturated rings. The summed E-state index contributed by atoms with van der Waals surface area (Å²) in [6.45, 7) is 4.62. The van der Waals surface area contributed by atoms with Gasteiger partial charge in [0.15, 0.2) is 0 Å². The van der Waals surface area contributed by atoms with E-state index in [4.69, 9.17) is 0 Å². The van der Waals surface area contributed by atoms with E-state index in [9.17, 15) is 4.79 Å². The molecule has 0 saturated heterocycles. The summed E-state index contributed by atoms with van der Waals surface area (Å²) in [4.78, 5) is 16.2. The second kappa shape index (κ2) is 8.19. The lowest BCUT2D eigenvalue weighted by molar-refractivity contribution is -0.120. The maximum atomic E-state index is 12.2. The second-order valence-corrected chi connectivity index (χ2v) is 8.32. The maximum absolute atomic E-state index is 12.2. The summed E-state index contributed by atoms with van der Waals surface area (Å²) in [6.07, 6.45) is 3.08. The lowest BCUT2D eigenvalue weighted by atomic mass is 10.0. The number of fused-ring (bicyclic) bond motifs is 1. The van der Waals surface area contributed by atoms with E-state index in [2.05, 4.69) is 45.9 Å². The van der Waals surface area contributed by atoms with E-state index in [1.165, 1.54) is 16.0 Å². The zero-order valence-electron chi connectivity index (χ0n) is 14.2. The highest BCUT2D eigenvalue weighted by atomic mass is 32.2. The van der Waals surface area contributed by atoms with E-state index >= 15 is 0 Å². The quantitative estimate of drug-likeness (QED) is 0.852. The van der Waals surface area contributed by atoms with Crippen LogP contribution in [0, 0.1) is 0 Å². The summed E-state index contributed by atoms with van der Waals surface area (Å²) in [5.41, 5.74) is 2.71. The number of carbonyl (C=O) groups is 1. The molecule has 1 aromatic carbocycles. The highest BCUT2D eigenvalue weighted by molar-refractivity contribution is 7.99. The fourth-order valence-electron chi connectivity index (χ4n) is 3.12. The van der Waals surface area contributed by atoms with E-state index in [1.54, 1.807) is 11.8 Å². The van der Waals surface area contributed by atoms with Gasteiger partial charge in [-0.05, 0) is 42.2 Å². The Kier molecular flexibility index (Phi) is 5.98. The summed E-state index contributed by atoms with van der Waals surface area (Å²) in [6, 6.07) is 13.0. The van der Waals surface area contributed by atoms with E-state index in [-0.39, 0.29) is 17.2 Å². The number of benzene rings is 1. The summed E-state index contributed by atoms with van der Waals surface area (Å²) >= 11 is 3.44. The Morgan fingerprint density at radius 3 is 2.88 bits per heavy atom. The molecule has 1 aliphatic rings. The zero-order valence-corrected chi connectivity index (χ0v) is 15.8. The molecule has 5 heteroatoms. The van der Waals surface area contributed by atoms with Crippen LogP contribution < -0.4 is 5.32 Å². The molecule has 2 aromatic rings. The molecule has 0 unspecified atom stereocenters. The van der Waals surface area contributed by atoms with E-state index in [0.717, 1.165) is 19.5 Å². The van der Waals surface area contributed by atoms with Crippen LogP contribution in [0.25, 0.3) is 0 Å². The third-order valence-electron chi connectivity index (χ3n) is 4.65. The normalized spacial score (nSPS) is 17.1. The molecule has 0 aliphatic carbocycles.